The summed E-state index contributed by atoms with van der Waals surface area (Å²) in [7, 11) is 0. The number of hydrogen-bond donors (Lipinski definition) is 1. The molecule has 1 aliphatic carbocycles. The van der Waals surface area contributed by atoms with Crippen LogP contribution in [0.25, 0.3) is 0 Å². The highest BCUT2D eigenvalue weighted by molar-refractivity contribution is 5.66. The number of carboxylic acid groups (broad SMARTS) is 1. The Hall–Kier alpha value is -0.570. The minimum Gasteiger partial charge on any atom is -0.481 e. The molecule has 1 N–H and O–H groups in total. The molecule has 1 saturated heterocycles. The lowest BCUT2D eigenvalue weighted by molar-refractivity contribution is -0.137. The van der Waals surface area contributed by atoms with Crippen LogP contribution < -0.4 is 0 Å². The first-order chi connectivity index (χ1) is 8.87. The number of carboxylic acids is 1. The topological polar surface area (TPSA) is 40.5 Å². The van der Waals surface area contributed by atoms with Gasteiger partial charge in [-0.05, 0) is 55.9 Å². The molecule has 3 atom stereocenters. The summed E-state index contributed by atoms with van der Waals surface area (Å²) >= 11 is 0. The van der Waals surface area contributed by atoms with Gasteiger partial charge in [0.25, 0.3) is 0 Å². The van der Waals surface area contributed by atoms with Crippen LogP contribution in [0.3, 0.4) is 0 Å². The molecule has 2 aliphatic rings. The average molecular weight is 267 g/mol. The predicted octanol–water partition coefficient (Wildman–Crippen LogP) is 3.39. The molecule has 110 valence electrons. The summed E-state index contributed by atoms with van der Waals surface area (Å²) in [6.07, 6.45) is 6.37. The molecular weight excluding hydrogens is 238 g/mol. The summed E-state index contributed by atoms with van der Waals surface area (Å²) in [5.74, 6) is 0.742. The molecule has 1 saturated carbocycles. The lowest BCUT2D eigenvalue weighted by Crippen LogP contribution is -2.43. The van der Waals surface area contributed by atoms with Crippen molar-refractivity contribution in [2.24, 2.45) is 17.3 Å². The summed E-state index contributed by atoms with van der Waals surface area (Å²) in [6.45, 7) is 9.48. The minimum absolute atomic E-state index is 0.339. The normalized spacial score (nSPS) is 35.4. The van der Waals surface area contributed by atoms with Crippen LogP contribution in [-0.2, 0) is 4.79 Å². The van der Waals surface area contributed by atoms with E-state index in [0.717, 1.165) is 24.9 Å². The van der Waals surface area contributed by atoms with Crippen molar-refractivity contribution in [1.82, 2.24) is 4.90 Å². The van der Waals surface area contributed by atoms with Crippen molar-refractivity contribution in [3.05, 3.63) is 0 Å². The fourth-order valence-electron chi connectivity index (χ4n) is 4.20. The zero-order valence-corrected chi connectivity index (χ0v) is 12.7. The third kappa shape index (κ3) is 3.95. The molecule has 3 unspecified atom stereocenters. The maximum Gasteiger partial charge on any atom is 0.303 e. The van der Waals surface area contributed by atoms with E-state index in [2.05, 4.69) is 25.7 Å². The number of aliphatic carboxylic acids is 1. The van der Waals surface area contributed by atoms with Gasteiger partial charge in [0.05, 0.1) is 0 Å². The van der Waals surface area contributed by atoms with E-state index in [0.29, 0.717) is 17.8 Å². The fraction of sp³-hybridized carbons (Fsp3) is 0.938. The van der Waals surface area contributed by atoms with E-state index in [1.54, 1.807) is 0 Å². The van der Waals surface area contributed by atoms with Crippen LogP contribution in [0.15, 0.2) is 0 Å². The van der Waals surface area contributed by atoms with Crippen molar-refractivity contribution < 1.29 is 9.90 Å². The second-order valence-corrected chi connectivity index (χ2v) is 7.53. The summed E-state index contributed by atoms with van der Waals surface area (Å²) in [5.41, 5.74) is 0.512. The first kappa shape index (κ1) is 14.8. The third-order valence-electron chi connectivity index (χ3n) is 5.20. The van der Waals surface area contributed by atoms with Gasteiger partial charge in [0.1, 0.15) is 0 Å². The van der Waals surface area contributed by atoms with Crippen molar-refractivity contribution >= 4 is 5.97 Å². The summed E-state index contributed by atoms with van der Waals surface area (Å²) in [6, 6.07) is 0.739. The molecule has 1 heterocycles. The highest BCUT2D eigenvalue weighted by Crippen LogP contribution is 2.41. The van der Waals surface area contributed by atoms with Crippen molar-refractivity contribution in [2.75, 3.05) is 13.1 Å². The molecular formula is C16H29NO2. The van der Waals surface area contributed by atoms with Crippen LogP contribution >= 0.6 is 0 Å². The van der Waals surface area contributed by atoms with Gasteiger partial charge in [-0.3, -0.25) is 9.69 Å². The number of rotatable bonds is 4. The van der Waals surface area contributed by atoms with Crippen LogP contribution in [0, 0.1) is 17.3 Å². The Morgan fingerprint density at radius 1 is 1.37 bits per heavy atom. The molecule has 2 rings (SSSR count). The highest BCUT2D eigenvalue weighted by Gasteiger charge is 2.37. The second-order valence-electron chi connectivity index (χ2n) is 7.53. The molecule has 0 spiro atoms. The van der Waals surface area contributed by atoms with Gasteiger partial charge in [-0.25, -0.2) is 0 Å². The molecule has 0 aromatic carbocycles. The Bertz CT molecular complexity index is 327. The lowest BCUT2D eigenvalue weighted by atomic mass is 9.70. The lowest BCUT2D eigenvalue weighted by Gasteiger charge is -2.43. The molecule has 3 nitrogen and oxygen atoms in total. The van der Waals surface area contributed by atoms with Gasteiger partial charge in [-0.1, -0.05) is 20.8 Å². The first-order valence-electron chi connectivity index (χ1n) is 7.83. The molecule has 19 heavy (non-hydrogen) atoms. The van der Waals surface area contributed by atoms with Crippen molar-refractivity contribution in [3.8, 4) is 0 Å². The van der Waals surface area contributed by atoms with Gasteiger partial charge < -0.3 is 5.11 Å². The largest absolute Gasteiger partial charge is 0.481 e. The van der Waals surface area contributed by atoms with Crippen molar-refractivity contribution in [1.29, 1.82) is 0 Å². The molecule has 1 aliphatic heterocycles. The van der Waals surface area contributed by atoms with Crippen molar-refractivity contribution in [2.45, 2.75) is 65.3 Å². The predicted molar refractivity (Wildman–Crippen MR) is 77.1 cm³/mol. The Balaban J connectivity index is 1.82. The molecule has 0 aromatic heterocycles. The summed E-state index contributed by atoms with van der Waals surface area (Å²) < 4.78 is 0. The number of likely N-dealkylation sites (tertiary alicyclic amines) is 1. The van der Waals surface area contributed by atoms with Crippen LogP contribution in [0.1, 0.15) is 59.3 Å². The zero-order chi connectivity index (χ0) is 14.0. The van der Waals surface area contributed by atoms with Crippen LogP contribution in [0.2, 0.25) is 0 Å². The quantitative estimate of drug-likeness (QED) is 0.849. The molecule has 0 radical (unpaired) electrons. The zero-order valence-electron chi connectivity index (χ0n) is 12.7. The van der Waals surface area contributed by atoms with E-state index >= 15 is 0 Å². The van der Waals surface area contributed by atoms with Crippen LogP contribution in [0.5, 0.6) is 0 Å². The van der Waals surface area contributed by atoms with Gasteiger partial charge >= 0.3 is 5.97 Å². The summed E-state index contributed by atoms with van der Waals surface area (Å²) in [5, 5.41) is 8.77. The molecule has 2 fully saturated rings. The van der Waals surface area contributed by atoms with E-state index in [9.17, 15) is 4.79 Å². The molecule has 0 bridgehead atoms. The van der Waals surface area contributed by atoms with E-state index < -0.39 is 5.97 Å². The van der Waals surface area contributed by atoms with Crippen LogP contribution in [-0.4, -0.2) is 35.1 Å². The van der Waals surface area contributed by atoms with Crippen molar-refractivity contribution in [3.63, 3.8) is 0 Å². The SMILES string of the molecule is CC1CC(C)(C)CCC1N1CCC(CCC(=O)O)C1. The highest BCUT2D eigenvalue weighted by atomic mass is 16.4. The van der Waals surface area contributed by atoms with Gasteiger partial charge in [0.2, 0.25) is 0 Å². The smallest absolute Gasteiger partial charge is 0.303 e. The average Bonchev–Trinajstić information content (AvgIpc) is 2.73. The standard InChI is InChI=1S/C16H29NO2/c1-12-10-16(2,3)8-6-14(12)17-9-7-13(11-17)4-5-15(18)19/h12-14H,4-11H2,1-3H3,(H,18,19). The van der Waals surface area contributed by atoms with E-state index in [4.69, 9.17) is 5.11 Å². The number of carbonyl (C=O) groups is 1. The third-order valence-corrected chi connectivity index (χ3v) is 5.20. The number of nitrogens with zero attached hydrogens (tertiary/aromatic N) is 1. The van der Waals surface area contributed by atoms with E-state index in [-0.39, 0.29) is 0 Å². The maximum absolute atomic E-state index is 10.6. The minimum atomic E-state index is -0.647. The van der Waals surface area contributed by atoms with Gasteiger partial charge in [-0.15, -0.1) is 0 Å². The Morgan fingerprint density at radius 2 is 2.11 bits per heavy atom. The van der Waals surface area contributed by atoms with Crippen LogP contribution in [0.4, 0.5) is 0 Å². The second kappa shape index (κ2) is 5.82. The maximum atomic E-state index is 10.6. The first-order valence-corrected chi connectivity index (χ1v) is 7.83. The van der Waals surface area contributed by atoms with Gasteiger partial charge in [0.15, 0.2) is 0 Å². The monoisotopic (exact) mass is 267 g/mol. The van der Waals surface area contributed by atoms with E-state index in [1.807, 2.05) is 0 Å². The Morgan fingerprint density at radius 3 is 2.74 bits per heavy atom. The summed E-state index contributed by atoms with van der Waals surface area (Å²) in [4.78, 5) is 13.3. The molecule has 0 amide bonds. The van der Waals surface area contributed by atoms with Gasteiger partial charge in [0, 0.05) is 19.0 Å². The molecule has 3 heteroatoms. The Kier molecular flexibility index (Phi) is 4.54. The Labute approximate surface area is 117 Å². The number of hydrogen-bond acceptors (Lipinski definition) is 2. The fourth-order valence-corrected chi connectivity index (χ4v) is 4.20. The molecule has 0 aromatic rings. The van der Waals surface area contributed by atoms with E-state index in [1.165, 1.54) is 32.2 Å². The van der Waals surface area contributed by atoms with Gasteiger partial charge in [-0.2, -0.15) is 0 Å².